The second-order valence-corrected chi connectivity index (χ2v) is 9.50. The molecule has 1 amide bonds. The van der Waals surface area contributed by atoms with Gasteiger partial charge in [-0.25, -0.2) is 10.4 Å². The second kappa shape index (κ2) is 9.38. The van der Waals surface area contributed by atoms with E-state index in [9.17, 15) is 4.79 Å². The standard InChI is InChI=1S/C25H20N4OS2/c30-24(17-31-25-27-21-11-5-7-13-23(21)32-25)28-26-14-19-16-29(15-18-8-2-1-3-9-18)22-12-6-4-10-20(19)22/h1-14,16H,15,17H2,(H,28,30)/b26-14-. The number of benzene rings is 3. The number of hydrogen-bond acceptors (Lipinski definition) is 5. The van der Waals surface area contributed by atoms with Gasteiger partial charge in [0.2, 0.25) is 0 Å². The third-order valence-electron chi connectivity index (χ3n) is 5.01. The number of carbonyl (C=O) groups excluding carboxylic acids is 1. The van der Waals surface area contributed by atoms with Gasteiger partial charge in [0.15, 0.2) is 4.34 Å². The van der Waals surface area contributed by atoms with Crippen LogP contribution >= 0.6 is 23.1 Å². The summed E-state index contributed by atoms with van der Waals surface area (Å²) in [5, 5.41) is 5.30. The molecule has 0 radical (unpaired) electrons. The lowest BCUT2D eigenvalue weighted by molar-refractivity contribution is -0.118. The van der Waals surface area contributed by atoms with E-state index >= 15 is 0 Å². The van der Waals surface area contributed by atoms with Gasteiger partial charge in [-0.2, -0.15) is 5.10 Å². The first-order valence-electron chi connectivity index (χ1n) is 10.2. The molecule has 0 saturated carbocycles. The Balaban J connectivity index is 1.24. The molecule has 5 aromatic rings. The van der Waals surface area contributed by atoms with Crippen molar-refractivity contribution in [2.24, 2.45) is 5.10 Å². The minimum absolute atomic E-state index is 0.154. The molecular formula is C25H20N4OS2. The van der Waals surface area contributed by atoms with Crippen LogP contribution in [0.1, 0.15) is 11.1 Å². The number of thiazole rings is 1. The van der Waals surface area contributed by atoms with Crippen LogP contribution in [0.3, 0.4) is 0 Å². The molecule has 7 heteroatoms. The fraction of sp³-hybridized carbons (Fsp3) is 0.0800. The molecule has 2 aromatic heterocycles. The lowest BCUT2D eigenvalue weighted by Crippen LogP contribution is -2.19. The van der Waals surface area contributed by atoms with Gasteiger partial charge in [0.1, 0.15) is 0 Å². The van der Waals surface area contributed by atoms with E-state index in [0.29, 0.717) is 0 Å². The van der Waals surface area contributed by atoms with Crippen LogP contribution < -0.4 is 5.43 Å². The van der Waals surface area contributed by atoms with E-state index in [4.69, 9.17) is 0 Å². The average Bonchev–Trinajstić information content (AvgIpc) is 3.40. The van der Waals surface area contributed by atoms with E-state index in [-0.39, 0.29) is 11.7 Å². The predicted molar refractivity (Wildman–Crippen MR) is 134 cm³/mol. The Morgan fingerprint density at radius 2 is 1.81 bits per heavy atom. The summed E-state index contributed by atoms with van der Waals surface area (Å²) >= 11 is 3.02. The second-order valence-electron chi connectivity index (χ2n) is 7.24. The Morgan fingerprint density at radius 3 is 2.69 bits per heavy atom. The number of aromatic nitrogens is 2. The highest BCUT2D eigenvalue weighted by molar-refractivity contribution is 8.01. The number of nitrogens with zero attached hydrogens (tertiary/aromatic N) is 3. The van der Waals surface area contributed by atoms with Gasteiger partial charge in [-0.05, 0) is 23.8 Å². The van der Waals surface area contributed by atoms with E-state index in [2.05, 4.69) is 50.5 Å². The van der Waals surface area contributed by atoms with Gasteiger partial charge in [-0.3, -0.25) is 4.79 Å². The molecule has 0 spiro atoms. The van der Waals surface area contributed by atoms with Crippen molar-refractivity contribution in [3.63, 3.8) is 0 Å². The molecule has 1 N–H and O–H groups in total. The van der Waals surface area contributed by atoms with Crippen LogP contribution in [-0.4, -0.2) is 27.4 Å². The number of rotatable bonds is 7. The lowest BCUT2D eigenvalue weighted by Gasteiger charge is -2.05. The third-order valence-corrected chi connectivity index (χ3v) is 7.19. The molecule has 5 rings (SSSR count). The van der Waals surface area contributed by atoms with Crippen LogP contribution in [0, 0.1) is 0 Å². The fourth-order valence-electron chi connectivity index (χ4n) is 3.54. The first-order chi connectivity index (χ1) is 15.8. The summed E-state index contributed by atoms with van der Waals surface area (Å²) in [6, 6.07) is 26.5. The van der Waals surface area contributed by atoms with E-state index in [1.165, 1.54) is 17.3 Å². The number of nitrogens with one attached hydrogen (secondary N) is 1. The Morgan fingerprint density at radius 1 is 1.03 bits per heavy atom. The van der Waals surface area contributed by atoms with Gasteiger partial charge in [0, 0.05) is 29.2 Å². The molecule has 158 valence electrons. The minimum atomic E-state index is -0.154. The molecule has 2 heterocycles. The van der Waals surface area contributed by atoms with Crippen LogP contribution in [0.4, 0.5) is 0 Å². The van der Waals surface area contributed by atoms with Crippen molar-refractivity contribution >= 4 is 56.3 Å². The molecule has 0 saturated heterocycles. The lowest BCUT2D eigenvalue weighted by atomic mass is 10.2. The Labute approximate surface area is 193 Å². The van der Waals surface area contributed by atoms with E-state index in [1.807, 2.05) is 54.6 Å². The molecule has 0 bridgehead atoms. The highest BCUT2D eigenvalue weighted by Crippen LogP contribution is 2.29. The van der Waals surface area contributed by atoms with Gasteiger partial charge >= 0.3 is 0 Å². The van der Waals surface area contributed by atoms with Gasteiger partial charge < -0.3 is 4.57 Å². The molecule has 32 heavy (non-hydrogen) atoms. The maximum absolute atomic E-state index is 12.3. The van der Waals surface area contributed by atoms with Gasteiger partial charge in [0.25, 0.3) is 5.91 Å². The quantitative estimate of drug-likeness (QED) is 0.199. The fourth-order valence-corrected chi connectivity index (χ4v) is 5.40. The maximum atomic E-state index is 12.3. The number of hydrogen-bond donors (Lipinski definition) is 1. The monoisotopic (exact) mass is 456 g/mol. The van der Waals surface area contributed by atoms with Crippen molar-refractivity contribution in [3.05, 3.63) is 96.2 Å². The van der Waals surface area contributed by atoms with Crippen molar-refractivity contribution in [2.45, 2.75) is 10.9 Å². The van der Waals surface area contributed by atoms with Gasteiger partial charge in [0.05, 0.1) is 22.2 Å². The van der Waals surface area contributed by atoms with E-state index in [1.54, 1.807) is 17.6 Å². The van der Waals surface area contributed by atoms with Crippen molar-refractivity contribution in [2.75, 3.05) is 5.75 Å². The normalized spacial score (nSPS) is 11.5. The largest absolute Gasteiger partial charge is 0.342 e. The molecule has 0 aliphatic carbocycles. The Kier molecular flexibility index (Phi) is 6.00. The van der Waals surface area contributed by atoms with Crippen LogP contribution in [0.25, 0.3) is 21.1 Å². The molecule has 3 aromatic carbocycles. The molecule has 0 aliphatic rings. The number of amides is 1. The molecule has 5 nitrogen and oxygen atoms in total. The zero-order valence-corrected chi connectivity index (χ0v) is 18.8. The van der Waals surface area contributed by atoms with Crippen LogP contribution in [0.2, 0.25) is 0 Å². The first kappa shape index (κ1) is 20.5. The summed E-state index contributed by atoms with van der Waals surface area (Å²) in [6.07, 6.45) is 3.78. The molecule has 0 atom stereocenters. The molecular weight excluding hydrogens is 436 g/mol. The van der Waals surface area contributed by atoms with Crippen LogP contribution in [-0.2, 0) is 11.3 Å². The average molecular weight is 457 g/mol. The summed E-state index contributed by atoms with van der Waals surface area (Å²) in [4.78, 5) is 16.8. The molecule has 0 fully saturated rings. The van der Waals surface area contributed by atoms with E-state index < -0.39 is 0 Å². The van der Waals surface area contributed by atoms with Crippen molar-refractivity contribution in [3.8, 4) is 0 Å². The van der Waals surface area contributed by atoms with Crippen molar-refractivity contribution < 1.29 is 4.79 Å². The van der Waals surface area contributed by atoms with Gasteiger partial charge in [-0.1, -0.05) is 72.4 Å². The summed E-state index contributed by atoms with van der Waals surface area (Å²) in [6.45, 7) is 0.778. The van der Waals surface area contributed by atoms with Gasteiger partial charge in [-0.15, -0.1) is 11.3 Å². The Hall–Kier alpha value is -3.42. The third kappa shape index (κ3) is 4.59. The smallest absolute Gasteiger partial charge is 0.250 e. The zero-order chi connectivity index (χ0) is 21.8. The molecule has 0 aliphatic heterocycles. The number of carbonyl (C=O) groups is 1. The molecule has 0 unspecified atom stereocenters. The summed E-state index contributed by atoms with van der Waals surface area (Å²) < 4.78 is 4.21. The maximum Gasteiger partial charge on any atom is 0.250 e. The number of para-hydroxylation sites is 2. The SMILES string of the molecule is O=C(CSc1nc2ccccc2s1)N/N=C\c1cn(Cc2ccccc2)c2ccccc12. The van der Waals surface area contributed by atoms with Crippen molar-refractivity contribution in [1.29, 1.82) is 0 Å². The predicted octanol–water partition coefficient (Wildman–Crippen LogP) is 5.54. The van der Waals surface area contributed by atoms with Crippen molar-refractivity contribution in [1.82, 2.24) is 15.0 Å². The highest BCUT2D eigenvalue weighted by Gasteiger charge is 2.09. The highest BCUT2D eigenvalue weighted by atomic mass is 32.2. The summed E-state index contributed by atoms with van der Waals surface area (Å²) in [5.74, 6) is 0.117. The van der Waals surface area contributed by atoms with Crippen LogP contribution in [0.15, 0.2) is 94.5 Å². The Bertz CT molecular complexity index is 1370. The van der Waals surface area contributed by atoms with E-state index in [0.717, 1.165) is 37.6 Å². The summed E-state index contributed by atoms with van der Waals surface area (Å²) in [5.41, 5.74) is 6.94. The number of hydrazone groups is 1. The van der Waals surface area contributed by atoms with Crippen LogP contribution in [0.5, 0.6) is 0 Å². The number of fused-ring (bicyclic) bond motifs is 2. The first-order valence-corrected chi connectivity index (χ1v) is 12.0. The minimum Gasteiger partial charge on any atom is -0.342 e. The number of thioether (sulfide) groups is 1. The summed E-state index contributed by atoms with van der Waals surface area (Å²) in [7, 11) is 0. The zero-order valence-electron chi connectivity index (χ0n) is 17.1. The topological polar surface area (TPSA) is 59.3 Å².